The van der Waals surface area contributed by atoms with Crippen molar-refractivity contribution in [2.45, 2.75) is 176 Å². The van der Waals surface area contributed by atoms with Gasteiger partial charge in [0.05, 0.1) is 50.5 Å². The highest BCUT2D eigenvalue weighted by Crippen LogP contribution is 2.46. The highest BCUT2D eigenvalue weighted by atomic mass is 32.2. The summed E-state index contributed by atoms with van der Waals surface area (Å²) < 4.78 is 84.4. The van der Waals surface area contributed by atoms with Crippen LogP contribution < -0.4 is 45.9 Å². The molecule has 0 unspecified atom stereocenters. The largest absolute Gasteiger partial charge is 0.497 e. The number of carbonyl (C=O) groups excluding carboxylic acids is 8. The molecule has 2 aliphatic carbocycles. The molecule has 1 aliphatic heterocycles. The molecule has 3 aliphatic rings. The minimum atomic E-state index is -4.62. The molecule has 5 aromatic rings. The number of para-hydroxylation sites is 2. The molecule has 3 heterocycles. The van der Waals surface area contributed by atoms with Gasteiger partial charge in [-0.1, -0.05) is 62.1 Å². The number of rotatable bonds is 32. The first-order valence-corrected chi connectivity index (χ1v) is 36.0. The summed E-state index contributed by atoms with van der Waals surface area (Å²) in [5, 5.41) is 14.5. The van der Waals surface area contributed by atoms with Crippen LogP contribution in [0.4, 0.5) is 21.3 Å². The van der Waals surface area contributed by atoms with Gasteiger partial charge in [-0.15, -0.1) is 24.5 Å². The predicted molar refractivity (Wildman–Crippen MR) is 369 cm³/mol. The average Bonchev–Trinajstić information content (AvgIpc) is 1.58. The summed E-state index contributed by atoms with van der Waals surface area (Å²) in [6.45, 7) is 16.4. The molecule has 8 N–H and O–H groups in total. The van der Waals surface area contributed by atoms with Gasteiger partial charge in [0.15, 0.2) is 5.13 Å². The Balaban J connectivity index is 0.000000364. The Hall–Kier alpha value is -9.00. The lowest BCUT2D eigenvalue weighted by molar-refractivity contribution is -0.141. The van der Waals surface area contributed by atoms with Crippen molar-refractivity contribution in [3.8, 4) is 22.9 Å². The summed E-state index contributed by atoms with van der Waals surface area (Å²) >= 11 is 1.44. The fourth-order valence-electron chi connectivity index (χ4n) is 10.9. The van der Waals surface area contributed by atoms with Crippen LogP contribution in [-0.2, 0) is 67.8 Å². The van der Waals surface area contributed by atoms with Crippen LogP contribution in [0.3, 0.4) is 0 Å². The number of ether oxygens (including phenoxy) is 5. The van der Waals surface area contributed by atoms with Gasteiger partial charge >= 0.3 is 18.0 Å². The van der Waals surface area contributed by atoms with E-state index in [-0.39, 0.29) is 89.6 Å². The van der Waals surface area contributed by atoms with E-state index in [2.05, 4.69) is 48.6 Å². The van der Waals surface area contributed by atoms with Gasteiger partial charge in [0.25, 0.3) is 31.9 Å². The van der Waals surface area contributed by atoms with Gasteiger partial charge in [0.2, 0.25) is 17.7 Å². The number of hydrogen-bond acceptors (Lipinski definition) is 22. The molecule has 0 radical (unpaired) electrons. The smallest absolute Gasteiger partial charge is 0.411 e. The van der Waals surface area contributed by atoms with Gasteiger partial charge in [-0.25, -0.2) is 41.0 Å². The van der Waals surface area contributed by atoms with Crippen LogP contribution in [0.5, 0.6) is 11.5 Å². The molecule has 0 bridgehead atoms. The molecule has 6 atom stereocenters. The molecule has 1 saturated heterocycles. The second-order valence-electron chi connectivity index (χ2n) is 25.4. The fraction of sp³-hybridized carbons (Fsp3) is 0.471. The summed E-state index contributed by atoms with van der Waals surface area (Å²) in [6.07, 6.45) is 8.03. The summed E-state index contributed by atoms with van der Waals surface area (Å²) in [4.78, 5) is 113. The number of nitrogens with one attached hydrogen (secondary N) is 6. The number of hydrogen-bond donors (Lipinski definition) is 7. The number of pyridine rings is 1. The van der Waals surface area contributed by atoms with Crippen molar-refractivity contribution in [1.29, 1.82) is 0 Å². The Morgan fingerprint density at radius 1 is 0.704 bits per heavy atom. The zero-order chi connectivity index (χ0) is 71.8. The number of nitrogens with zero attached hydrogens (tertiary/aromatic N) is 3. The normalized spacial score (nSPS) is 19.3. The van der Waals surface area contributed by atoms with E-state index in [1.165, 1.54) is 79.0 Å². The number of nitrogens with two attached hydrogens (primary N) is 1. The number of sulfonamides is 2. The van der Waals surface area contributed by atoms with E-state index in [1.807, 2.05) is 30.0 Å². The van der Waals surface area contributed by atoms with Crippen LogP contribution in [0, 0.1) is 11.8 Å². The van der Waals surface area contributed by atoms with Gasteiger partial charge in [-0.05, 0) is 110 Å². The third-order valence-corrected chi connectivity index (χ3v) is 19.9. The fourth-order valence-corrected chi connectivity index (χ4v) is 14.1. The average molecular weight is 1410 g/mol. The van der Waals surface area contributed by atoms with Crippen LogP contribution >= 0.6 is 11.3 Å². The molecular formula is C68H88N10O17S3. The molecule has 3 aromatic carbocycles. The maximum atomic E-state index is 14.5. The van der Waals surface area contributed by atoms with Gasteiger partial charge in [0.1, 0.15) is 55.8 Å². The first-order chi connectivity index (χ1) is 46.4. The Kier molecular flexibility index (Phi) is 26.1. The number of esters is 2. The van der Waals surface area contributed by atoms with E-state index in [1.54, 1.807) is 58.2 Å². The molecule has 2 aromatic heterocycles. The van der Waals surface area contributed by atoms with Gasteiger partial charge in [-0.2, -0.15) is 0 Å². The number of amides is 6. The molecule has 98 heavy (non-hydrogen) atoms. The summed E-state index contributed by atoms with van der Waals surface area (Å²) in [5.41, 5.74) is 3.73. The number of carbonyl (C=O) groups is 8. The van der Waals surface area contributed by atoms with Crippen LogP contribution in [-0.4, -0.2) is 142 Å². The number of methoxy groups -OCH3 is 3. The van der Waals surface area contributed by atoms with Gasteiger partial charge in [0, 0.05) is 72.9 Å². The highest BCUT2D eigenvalue weighted by Gasteiger charge is 2.62. The molecule has 8 rings (SSSR count). The number of unbranched alkanes of at least 4 members (excludes halogenated alkanes) is 6. The summed E-state index contributed by atoms with van der Waals surface area (Å²) in [6, 6.07) is 17.6. The van der Waals surface area contributed by atoms with Crippen LogP contribution in [0.15, 0.2) is 113 Å². The lowest BCUT2D eigenvalue weighted by Gasteiger charge is -2.29. The zero-order valence-electron chi connectivity index (χ0n) is 56.4. The van der Waals surface area contributed by atoms with Crippen molar-refractivity contribution in [1.82, 2.24) is 29.6 Å². The molecule has 2 saturated carbocycles. The summed E-state index contributed by atoms with van der Waals surface area (Å²) in [5.74, 6) is -3.82. The van der Waals surface area contributed by atoms with E-state index < -0.39 is 84.5 Å². The first-order valence-electron chi connectivity index (χ1n) is 32.2. The van der Waals surface area contributed by atoms with E-state index in [0.717, 1.165) is 18.0 Å². The van der Waals surface area contributed by atoms with Crippen molar-refractivity contribution in [2.24, 2.45) is 17.6 Å². The van der Waals surface area contributed by atoms with E-state index >= 15 is 0 Å². The topological polar surface area (TPSA) is 378 Å². The SMILES string of the molecule is C=C[C@@H]1C[C@]1(N)C(=O)NS(=O)(=O)c1ccccc1NC(=O)CCCCCCC(=O)OC.C=C[C@@H]1C[C@]1(NC(=O)[C@@H]1C[C@@H](Oc2cc(-c3csc(NC(C)C)n3)nc3cc(OC)ccc23)CN1C(=O)OC(C)(C)C)C(=O)NS(=O)(=O)c1ccccc1NC(=O)CCCCCCC(=O)OC. The van der Waals surface area contributed by atoms with Crippen molar-refractivity contribution in [3.63, 3.8) is 0 Å². The molecule has 30 heteroatoms. The molecule has 0 spiro atoms. The number of benzene rings is 3. The highest BCUT2D eigenvalue weighted by molar-refractivity contribution is 7.90. The van der Waals surface area contributed by atoms with Crippen molar-refractivity contribution >= 4 is 106 Å². The molecular weight excluding hydrogens is 1330 g/mol. The van der Waals surface area contributed by atoms with Crippen LogP contribution in [0.25, 0.3) is 22.3 Å². The first kappa shape index (κ1) is 76.4. The number of likely N-dealkylation sites (tertiary alicyclic amines) is 1. The Morgan fingerprint density at radius 3 is 1.74 bits per heavy atom. The minimum Gasteiger partial charge on any atom is -0.497 e. The summed E-state index contributed by atoms with van der Waals surface area (Å²) in [7, 11) is -4.62. The lowest BCUT2D eigenvalue weighted by Crippen LogP contribution is -2.56. The van der Waals surface area contributed by atoms with Crippen molar-refractivity contribution in [2.75, 3.05) is 43.8 Å². The van der Waals surface area contributed by atoms with Crippen molar-refractivity contribution in [3.05, 3.63) is 103 Å². The van der Waals surface area contributed by atoms with Gasteiger partial charge in [-0.3, -0.25) is 38.5 Å². The van der Waals surface area contributed by atoms with Crippen molar-refractivity contribution < 1.29 is 78.9 Å². The Bertz CT molecular complexity index is 4010. The second kappa shape index (κ2) is 33.5. The standard InChI is InChI=1S/C47H59N7O11S2.C21H29N3O6S/c1-9-29-25-47(29,43(58)53-67(60,61)39-17-15-14-16-33(39)50-40(55)18-12-10-11-13-19-41(56)63-8)52-42(57)37-23-31(26-54(37)45(59)65-46(4,5)6)64-38-24-35(36-27-66-44(51-36)48-28(2)3)49-34-22-30(62-7)20-21-32(34)38;1-3-15-14-21(15,22)20(27)24-31(28,29)17-11-9-8-10-16(17)23-18(25)12-6-4-5-7-13-19(26)30-2/h9,14-17,20-22,24,27-29,31,37H,1,10-13,18-19,23,25-26H2,2-8H3,(H,48,51)(H,50,55)(H,52,57)(H,53,58);3,8-11,15H,1,4-7,12-14,22H2,2H3,(H,23,25)(H,24,27)/t29-,31-,37+,47-;15-,21-/m11/s1. The van der Waals surface area contributed by atoms with Crippen LogP contribution in [0.2, 0.25) is 0 Å². The molecule has 6 amide bonds. The number of thiazole rings is 1. The third-order valence-electron chi connectivity index (χ3n) is 16.3. The van der Waals surface area contributed by atoms with Crippen LogP contribution in [0.1, 0.15) is 131 Å². The molecule has 3 fully saturated rings. The predicted octanol–water partition coefficient (Wildman–Crippen LogP) is 8.81. The van der Waals surface area contributed by atoms with E-state index in [9.17, 15) is 55.2 Å². The number of aromatic nitrogens is 2. The quantitative estimate of drug-likeness (QED) is 0.00914. The zero-order valence-corrected chi connectivity index (χ0v) is 58.8. The minimum absolute atomic E-state index is 0.0190. The maximum absolute atomic E-state index is 14.5. The molecule has 530 valence electrons. The van der Waals surface area contributed by atoms with Gasteiger partial charge < -0.3 is 50.7 Å². The van der Waals surface area contributed by atoms with E-state index in [0.29, 0.717) is 85.2 Å². The maximum Gasteiger partial charge on any atom is 0.411 e. The monoisotopic (exact) mass is 1410 g/mol. The lowest BCUT2D eigenvalue weighted by atomic mass is 10.1. The second-order valence-corrected chi connectivity index (χ2v) is 29.5. The third kappa shape index (κ3) is 20.5. The number of fused-ring (bicyclic) bond motifs is 1. The number of anilines is 3. The molecule has 27 nitrogen and oxygen atoms in total. The van der Waals surface area contributed by atoms with E-state index in [4.69, 9.17) is 29.9 Å². The Labute approximate surface area is 575 Å². The Morgan fingerprint density at radius 2 is 1.24 bits per heavy atom.